The van der Waals surface area contributed by atoms with Gasteiger partial charge in [0.25, 0.3) is 5.91 Å². The third-order valence-corrected chi connectivity index (χ3v) is 4.97. The first-order chi connectivity index (χ1) is 14.1. The molecule has 2 heterocycles. The first-order valence-electron chi connectivity index (χ1n) is 9.61. The second-order valence-corrected chi connectivity index (χ2v) is 7.49. The Morgan fingerprint density at radius 1 is 1.00 bits per heavy atom. The van der Waals surface area contributed by atoms with Crippen molar-refractivity contribution in [2.45, 2.75) is 19.8 Å². The van der Waals surface area contributed by atoms with Crippen LogP contribution >= 0.6 is 11.6 Å². The zero-order chi connectivity index (χ0) is 20.2. The number of anilines is 4. The van der Waals surface area contributed by atoms with Gasteiger partial charge in [-0.2, -0.15) is 4.98 Å². The van der Waals surface area contributed by atoms with Crippen molar-refractivity contribution in [1.29, 1.82) is 0 Å². The van der Waals surface area contributed by atoms with Crippen molar-refractivity contribution in [2.75, 3.05) is 28.6 Å². The lowest BCUT2D eigenvalue weighted by molar-refractivity contribution is 0.102. The van der Waals surface area contributed by atoms with Gasteiger partial charge in [0, 0.05) is 46.8 Å². The number of rotatable bonds is 5. The molecule has 2 N–H and O–H groups in total. The van der Waals surface area contributed by atoms with E-state index >= 15 is 0 Å². The second-order valence-electron chi connectivity index (χ2n) is 7.06. The molecule has 3 aromatic rings. The topological polar surface area (TPSA) is 70.2 Å². The highest BCUT2D eigenvalue weighted by Crippen LogP contribution is 2.22. The normalized spacial score (nSPS) is 13.4. The van der Waals surface area contributed by atoms with E-state index in [2.05, 4.69) is 25.5 Å². The lowest BCUT2D eigenvalue weighted by Crippen LogP contribution is -2.21. The highest BCUT2D eigenvalue weighted by molar-refractivity contribution is 6.31. The van der Waals surface area contributed by atoms with E-state index < -0.39 is 0 Å². The number of nitrogens with zero attached hydrogens (tertiary/aromatic N) is 3. The fourth-order valence-electron chi connectivity index (χ4n) is 3.29. The van der Waals surface area contributed by atoms with Gasteiger partial charge >= 0.3 is 0 Å². The largest absolute Gasteiger partial charge is 0.341 e. The van der Waals surface area contributed by atoms with Gasteiger partial charge in [-0.15, -0.1) is 0 Å². The maximum Gasteiger partial charge on any atom is 0.255 e. The minimum absolute atomic E-state index is 0.199. The third kappa shape index (κ3) is 4.84. The van der Waals surface area contributed by atoms with Crippen LogP contribution in [-0.4, -0.2) is 29.0 Å². The highest BCUT2D eigenvalue weighted by Gasteiger charge is 2.16. The molecule has 0 saturated carbocycles. The van der Waals surface area contributed by atoms with Crippen LogP contribution in [0.4, 0.5) is 23.1 Å². The Bertz CT molecular complexity index is 1020. The summed E-state index contributed by atoms with van der Waals surface area (Å²) in [7, 11) is 0. The summed E-state index contributed by atoms with van der Waals surface area (Å²) >= 11 is 5.95. The molecule has 1 fully saturated rings. The Morgan fingerprint density at radius 2 is 1.72 bits per heavy atom. The predicted octanol–water partition coefficient (Wildman–Crippen LogP) is 5.03. The maximum absolute atomic E-state index is 12.3. The first kappa shape index (κ1) is 19.2. The average molecular weight is 408 g/mol. The molecule has 0 radical (unpaired) electrons. The minimum atomic E-state index is -0.199. The third-order valence-electron chi connectivity index (χ3n) is 4.73. The molecule has 1 aromatic heterocycles. The molecule has 2 aromatic carbocycles. The summed E-state index contributed by atoms with van der Waals surface area (Å²) < 4.78 is 0. The first-order valence-corrected chi connectivity index (χ1v) is 9.99. The minimum Gasteiger partial charge on any atom is -0.341 e. The molecule has 0 atom stereocenters. The molecule has 148 valence electrons. The molecule has 0 aliphatic carbocycles. The quantitative estimate of drug-likeness (QED) is 0.620. The monoisotopic (exact) mass is 407 g/mol. The molecule has 0 bridgehead atoms. The number of amides is 1. The molecule has 6 nitrogen and oxygen atoms in total. The molecular weight excluding hydrogens is 386 g/mol. The Labute approximate surface area is 174 Å². The van der Waals surface area contributed by atoms with Crippen LogP contribution in [0.1, 0.15) is 28.9 Å². The molecule has 1 amide bonds. The van der Waals surface area contributed by atoms with E-state index in [0.717, 1.165) is 36.2 Å². The van der Waals surface area contributed by atoms with Crippen LogP contribution in [0.2, 0.25) is 5.02 Å². The standard InChI is InChI=1S/C22H22ClN5O/c1-15-13-20(27-22(24-15)28-11-2-3-12-28)25-18-7-9-19(10-8-18)26-21(29)16-5-4-6-17(23)14-16/h4-10,13-14H,2-3,11-12H2,1H3,(H,26,29)(H,24,25,27). The Kier molecular flexibility index (Phi) is 5.62. The maximum atomic E-state index is 12.3. The number of carbonyl (C=O) groups excluding carboxylic acids is 1. The fourth-order valence-corrected chi connectivity index (χ4v) is 3.48. The fraction of sp³-hybridized carbons (Fsp3) is 0.227. The van der Waals surface area contributed by atoms with Crippen molar-refractivity contribution in [2.24, 2.45) is 0 Å². The predicted molar refractivity (Wildman–Crippen MR) is 117 cm³/mol. The van der Waals surface area contributed by atoms with E-state index in [4.69, 9.17) is 11.6 Å². The molecule has 1 aliphatic heterocycles. The van der Waals surface area contributed by atoms with E-state index in [1.807, 2.05) is 37.3 Å². The van der Waals surface area contributed by atoms with Gasteiger partial charge in [0.1, 0.15) is 5.82 Å². The lowest BCUT2D eigenvalue weighted by atomic mass is 10.2. The molecular formula is C22H22ClN5O. The molecule has 0 spiro atoms. The van der Waals surface area contributed by atoms with Crippen LogP contribution in [0.15, 0.2) is 54.6 Å². The van der Waals surface area contributed by atoms with Gasteiger partial charge in [0.15, 0.2) is 0 Å². The summed E-state index contributed by atoms with van der Waals surface area (Å²) in [6.07, 6.45) is 2.37. The number of hydrogen-bond donors (Lipinski definition) is 2. The summed E-state index contributed by atoms with van der Waals surface area (Å²) in [6.45, 7) is 3.98. The molecule has 1 aliphatic rings. The van der Waals surface area contributed by atoms with Crippen LogP contribution in [0, 0.1) is 6.92 Å². The summed E-state index contributed by atoms with van der Waals surface area (Å²) in [6, 6.07) is 16.3. The van der Waals surface area contributed by atoms with Crippen molar-refractivity contribution in [1.82, 2.24) is 9.97 Å². The number of aryl methyl sites for hydroxylation is 1. The van der Waals surface area contributed by atoms with E-state index in [-0.39, 0.29) is 5.91 Å². The number of nitrogens with one attached hydrogen (secondary N) is 2. The van der Waals surface area contributed by atoms with E-state index in [1.54, 1.807) is 24.3 Å². The number of halogens is 1. The van der Waals surface area contributed by atoms with E-state index in [0.29, 0.717) is 16.3 Å². The van der Waals surface area contributed by atoms with Gasteiger partial charge in [0.2, 0.25) is 5.95 Å². The average Bonchev–Trinajstić information content (AvgIpc) is 3.24. The SMILES string of the molecule is Cc1cc(Nc2ccc(NC(=O)c3cccc(Cl)c3)cc2)nc(N2CCCC2)n1. The van der Waals surface area contributed by atoms with Crippen molar-refractivity contribution in [3.8, 4) is 0 Å². The zero-order valence-electron chi connectivity index (χ0n) is 16.2. The van der Waals surface area contributed by atoms with Gasteiger partial charge in [-0.25, -0.2) is 4.98 Å². The summed E-state index contributed by atoms with van der Waals surface area (Å²) in [5, 5.41) is 6.73. The number of hydrogen-bond acceptors (Lipinski definition) is 5. The number of aromatic nitrogens is 2. The molecule has 4 rings (SSSR count). The van der Waals surface area contributed by atoms with Crippen molar-refractivity contribution in [3.05, 3.63) is 70.9 Å². The van der Waals surface area contributed by atoms with Crippen LogP contribution in [0.3, 0.4) is 0 Å². The Morgan fingerprint density at radius 3 is 2.45 bits per heavy atom. The molecule has 1 saturated heterocycles. The van der Waals surface area contributed by atoms with Crippen LogP contribution in [0.5, 0.6) is 0 Å². The van der Waals surface area contributed by atoms with Gasteiger partial charge in [0.05, 0.1) is 0 Å². The number of carbonyl (C=O) groups is 1. The van der Waals surface area contributed by atoms with Crippen molar-refractivity contribution in [3.63, 3.8) is 0 Å². The van der Waals surface area contributed by atoms with Gasteiger partial charge in [-0.05, 0) is 62.2 Å². The molecule has 29 heavy (non-hydrogen) atoms. The molecule has 0 unspecified atom stereocenters. The number of benzene rings is 2. The van der Waals surface area contributed by atoms with Gasteiger partial charge < -0.3 is 15.5 Å². The van der Waals surface area contributed by atoms with Crippen LogP contribution in [0.25, 0.3) is 0 Å². The molecule has 7 heteroatoms. The highest BCUT2D eigenvalue weighted by atomic mass is 35.5. The summed E-state index contributed by atoms with van der Waals surface area (Å²) in [4.78, 5) is 23.8. The van der Waals surface area contributed by atoms with Gasteiger partial charge in [-0.1, -0.05) is 17.7 Å². The van der Waals surface area contributed by atoms with Crippen LogP contribution in [-0.2, 0) is 0 Å². The Hall–Kier alpha value is -3.12. The van der Waals surface area contributed by atoms with Crippen molar-refractivity contribution < 1.29 is 4.79 Å². The summed E-state index contributed by atoms with van der Waals surface area (Å²) in [5.74, 6) is 1.33. The smallest absolute Gasteiger partial charge is 0.255 e. The van der Waals surface area contributed by atoms with Crippen LogP contribution < -0.4 is 15.5 Å². The second kappa shape index (κ2) is 8.49. The van der Waals surface area contributed by atoms with E-state index in [1.165, 1.54) is 12.8 Å². The van der Waals surface area contributed by atoms with Gasteiger partial charge in [-0.3, -0.25) is 4.79 Å². The summed E-state index contributed by atoms with van der Waals surface area (Å²) in [5.41, 5.74) is 3.04. The Balaban J connectivity index is 1.44. The lowest BCUT2D eigenvalue weighted by Gasteiger charge is -2.17. The van der Waals surface area contributed by atoms with Crippen molar-refractivity contribution >= 4 is 40.6 Å². The van der Waals surface area contributed by atoms with E-state index in [9.17, 15) is 4.79 Å². The zero-order valence-corrected chi connectivity index (χ0v) is 16.9.